The lowest BCUT2D eigenvalue weighted by Crippen LogP contribution is -2.15. The highest BCUT2D eigenvalue weighted by Gasteiger charge is 2.18. The summed E-state index contributed by atoms with van der Waals surface area (Å²) in [4.78, 5) is 29.8. The Bertz CT molecular complexity index is 1480. The molecule has 0 unspecified atom stereocenters. The number of benzene rings is 1. The molecular weight excluding hydrogens is 414 g/mol. The number of aromatic amines is 1. The van der Waals surface area contributed by atoms with Gasteiger partial charge in [0.25, 0.3) is 0 Å². The van der Waals surface area contributed by atoms with Gasteiger partial charge in [-0.05, 0) is 32.0 Å². The molecule has 0 aliphatic heterocycles. The highest BCUT2D eigenvalue weighted by atomic mass is 32.1. The third-order valence-corrected chi connectivity index (χ3v) is 5.94. The zero-order chi connectivity index (χ0) is 21.5. The monoisotopic (exact) mass is 433 g/mol. The first-order chi connectivity index (χ1) is 15.1. The van der Waals surface area contributed by atoms with Crippen LogP contribution >= 0.6 is 11.3 Å². The van der Waals surface area contributed by atoms with Crippen molar-refractivity contribution >= 4 is 33.4 Å². The lowest BCUT2D eigenvalue weighted by molar-refractivity contribution is 0.343. The van der Waals surface area contributed by atoms with Gasteiger partial charge < -0.3 is 9.47 Å². The standard InChI is InChI=1S/C22H19N5O3S/c1-4-30-17-7-8-23-21-19(17)27(22(28)26-21)13-5-6-16-14(9-13)20(29-3)15(10-25-16)18-11-24-12(2)31-18/h5-11H,4H2,1-3H3,(H,23,26,28). The molecule has 0 fully saturated rings. The van der Waals surface area contributed by atoms with Crippen molar-refractivity contribution < 1.29 is 9.47 Å². The predicted octanol–water partition coefficient (Wildman–Crippen LogP) is 4.10. The molecule has 156 valence electrons. The van der Waals surface area contributed by atoms with E-state index in [9.17, 15) is 4.79 Å². The lowest BCUT2D eigenvalue weighted by Gasteiger charge is -2.12. The fourth-order valence-corrected chi connectivity index (χ4v) is 4.48. The maximum absolute atomic E-state index is 12.8. The molecule has 0 saturated carbocycles. The maximum Gasteiger partial charge on any atom is 0.332 e. The van der Waals surface area contributed by atoms with Crippen LogP contribution in [0.2, 0.25) is 0 Å². The molecule has 1 aromatic carbocycles. The molecule has 4 heterocycles. The van der Waals surface area contributed by atoms with Crippen molar-refractivity contribution in [1.82, 2.24) is 24.5 Å². The fraction of sp³-hybridized carbons (Fsp3) is 0.182. The van der Waals surface area contributed by atoms with Gasteiger partial charge in [0.2, 0.25) is 0 Å². The van der Waals surface area contributed by atoms with Gasteiger partial charge in [-0.1, -0.05) is 0 Å². The smallest absolute Gasteiger partial charge is 0.332 e. The normalized spacial score (nSPS) is 11.3. The van der Waals surface area contributed by atoms with E-state index >= 15 is 0 Å². The predicted molar refractivity (Wildman–Crippen MR) is 121 cm³/mol. The third-order valence-electron chi connectivity index (χ3n) is 4.99. The average molecular weight is 433 g/mol. The molecule has 0 saturated heterocycles. The quantitative estimate of drug-likeness (QED) is 0.448. The second-order valence-electron chi connectivity index (χ2n) is 6.85. The number of imidazole rings is 1. The molecule has 9 heteroatoms. The van der Waals surface area contributed by atoms with E-state index in [4.69, 9.17) is 9.47 Å². The van der Waals surface area contributed by atoms with Gasteiger partial charge in [-0.3, -0.25) is 14.5 Å². The summed E-state index contributed by atoms with van der Waals surface area (Å²) < 4.78 is 13.1. The van der Waals surface area contributed by atoms with Gasteiger partial charge in [0, 0.05) is 30.0 Å². The highest BCUT2D eigenvalue weighted by molar-refractivity contribution is 7.15. The van der Waals surface area contributed by atoms with Gasteiger partial charge in [0.15, 0.2) is 5.65 Å². The number of H-pyrrole nitrogens is 1. The Morgan fingerprint density at radius 1 is 1.16 bits per heavy atom. The van der Waals surface area contributed by atoms with Crippen molar-refractivity contribution in [1.29, 1.82) is 0 Å². The van der Waals surface area contributed by atoms with Gasteiger partial charge in [0.1, 0.15) is 17.0 Å². The van der Waals surface area contributed by atoms with Gasteiger partial charge in [-0.2, -0.15) is 0 Å². The number of nitrogens with one attached hydrogen (secondary N) is 1. The van der Waals surface area contributed by atoms with Crippen LogP contribution in [0.3, 0.4) is 0 Å². The van der Waals surface area contributed by atoms with Crippen LogP contribution in [-0.4, -0.2) is 38.2 Å². The molecule has 0 aliphatic carbocycles. The number of hydrogen-bond acceptors (Lipinski definition) is 7. The molecule has 1 N–H and O–H groups in total. The van der Waals surface area contributed by atoms with Gasteiger partial charge in [-0.25, -0.2) is 14.8 Å². The summed E-state index contributed by atoms with van der Waals surface area (Å²) in [5.74, 6) is 1.27. The number of aryl methyl sites for hydroxylation is 1. The minimum atomic E-state index is -0.296. The molecular formula is C22H19N5O3S. The second-order valence-corrected chi connectivity index (χ2v) is 8.09. The van der Waals surface area contributed by atoms with E-state index < -0.39 is 0 Å². The largest absolute Gasteiger partial charge is 0.495 e. The number of aromatic nitrogens is 5. The van der Waals surface area contributed by atoms with Gasteiger partial charge in [0.05, 0.1) is 40.4 Å². The van der Waals surface area contributed by atoms with Crippen molar-refractivity contribution in [2.24, 2.45) is 0 Å². The van der Waals surface area contributed by atoms with Crippen molar-refractivity contribution in [2.45, 2.75) is 13.8 Å². The molecule has 31 heavy (non-hydrogen) atoms. The Morgan fingerprint density at radius 3 is 2.77 bits per heavy atom. The van der Waals surface area contributed by atoms with Crippen LogP contribution in [0.5, 0.6) is 11.5 Å². The first-order valence-electron chi connectivity index (χ1n) is 9.73. The molecule has 0 aliphatic rings. The zero-order valence-corrected chi connectivity index (χ0v) is 18.0. The number of fused-ring (bicyclic) bond motifs is 2. The topological polar surface area (TPSA) is 94.9 Å². The summed E-state index contributed by atoms with van der Waals surface area (Å²) in [6.45, 7) is 4.34. The molecule has 0 amide bonds. The molecule has 8 nitrogen and oxygen atoms in total. The van der Waals surface area contributed by atoms with E-state index in [2.05, 4.69) is 19.9 Å². The van der Waals surface area contributed by atoms with E-state index in [-0.39, 0.29) is 5.69 Å². The summed E-state index contributed by atoms with van der Waals surface area (Å²) in [5, 5.41) is 1.76. The Morgan fingerprint density at radius 2 is 2.03 bits per heavy atom. The molecule has 0 bridgehead atoms. The summed E-state index contributed by atoms with van der Waals surface area (Å²) in [7, 11) is 1.63. The van der Waals surface area contributed by atoms with Crippen LogP contribution in [0.15, 0.2) is 47.7 Å². The Kier molecular flexibility index (Phi) is 4.67. The van der Waals surface area contributed by atoms with Crippen LogP contribution in [0.4, 0.5) is 0 Å². The molecule has 5 rings (SSSR count). The van der Waals surface area contributed by atoms with Gasteiger partial charge >= 0.3 is 5.69 Å². The Balaban J connectivity index is 1.77. The Hall–Kier alpha value is -3.72. The maximum atomic E-state index is 12.8. The summed E-state index contributed by atoms with van der Waals surface area (Å²) >= 11 is 1.58. The number of rotatable bonds is 5. The van der Waals surface area contributed by atoms with Crippen LogP contribution in [-0.2, 0) is 0 Å². The van der Waals surface area contributed by atoms with Gasteiger partial charge in [-0.15, -0.1) is 11.3 Å². The Labute approximate surface area is 181 Å². The highest BCUT2D eigenvalue weighted by Crippen LogP contribution is 2.38. The first kappa shape index (κ1) is 19.3. The average Bonchev–Trinajstić information content (AvgIpc) is 3.35. The number of methoxy groups -OCH3 is 1. The lowest BCUT2D eigenvalue weighted by atomic mass is 10.1. The molecule has 0 spiro atoms. The minimum Gasteiger partial charge on any atom is -0.495 e. The number of thiazole rings is 1. The van der Waals surface area contributed by atoms with E-state index in [0.717, 1.165) is 26.4 Å². The van der Waals surface area contributed by atoms with E-state index in [1.54, 1.807) is 41.5 Å². The van der Waals surface area contributed by atoms with E-state index in [0.29, 0.717) is 35.0 Å². The SMILES string of the molecule is CCOc1ccnc2[nH]c(=O)n(-c3ccc4ncc(-c5cnc(C)s5)c(OC)c4c3)c12. The summed E-state index contributed by atoms with van der Waals surface area (Å²) in [6, 6.07) is 7.37. The van der Waals surface area contributed by atoms with Crippen LogP contribution in [0.1, 0.15) is 11.9 Å². The minimum absolute atomic E-state index is 0.296. The second kappa shape index (κ2) is 7.51. The molecule has 0 radical (unpaired) electrons. The zero-order valence-electron chi connectivity index (χ0n) is 17.2. The van der Waals surface area contributed by atoms with E-state index in [1.165, 1.54) is 0 Å². The third kappa shape index (κ3) is 3.14. The van der Waals surface area contributed by atoms with E-state index in [1.807, 2.05) is 38.2 Å². The van der Waals surface area contributed by atoms with Crippen LogP contribution < -0.4 is 15.2 Å². The summed E-state index contributed by atoms with van der Waals surface area (Å²) in [6.07, 6.45) is 5.23. The number of hydrogen-bond donors (Lipinski definition) is 1. The summed E-state index contributed by atoms with van der Waals surface area (Å²) in [5.41, 5.74) is 3.05. The fourth-order valence-electron chi connectivity index (χ4n) is 3.70. The first-order valence-corrected chi connectivity index (χ1v) is 10.5. The van der Waals surface area contributed by atoms with Crippen LogP contribution in [0, 0.1) is 6.92 Å². The van der Waals surface area contributed by atoms with Crippen molar-refractivity contribution in [3.05, 3.63) is 58.3 Å². The number of nitrogens with zero attached hydrogens (tertiary/aromatic N) is 4. The molecule has 5 aromatic rings. The van der Waals surface area contributed by atoms with Crippen LogP contribution in [0.25, 0.3) is 38.2 Å². The molecule has 4 aromatic heterocycles. The number of ether oxygens (including phenoxy) is 2. The van der Waals surface area contributed by atoms with Crippen molar-refractivity contribution in [3.8, 4) is 27.6 Å². The van der Waals surface area contributed by atoms with Crippen molar-refractivity contribution in [3.63, 3.8) is 0 Å². The number of pyridine rings is 2. The van der Waals surface area contributed by atoms with Crippen molar-refractivity contribution in [2.75, 3.05) is 13.7 Å². The molecule has 0 atom stereocenters.